The summed E-state index contributed by atoms with van der Waals surface area (Å²) in [6, 6.07) is 10.4. The second-order valence-electron chi connectivity index (χ2n) is 16.1. The van der Waals surface area contributed by atoms with Crippen molar-refractivity contribution in [1.82, 2.24) is 10.3 Å². The van der Waals surface area contributed by atoms with Crippen molar-refractivity contribution in [2.45, 2.75) is 94.0 Å². The Morgan fingerprint density at radius 1 is 1.07 bits per heavy atom. The van der Waals surface area contributed by atoms with Gasteiger partial charge in [-0.3, -0.25) is 4.99 Å². The molecule has 9 rings (SSSR count). The number of nitrogens with zero attached hydrogens (tertiary/aromatic N) is 1. The first kappa shape index (κ1) is 29.1. The fourth-order valence-corrected chi connectivity index (χ4v) is 12.7. The number of fused-ring (bicyclic) bond motifs is 2. The molecule has 0 aliphatic heterocycles. The molecular weight excluding hydrogens is 572 g/mol. The normalized spacial score (nSPS) is 44.9. The fraction of sp³-hybridized carbons (Fsp3) is 0.615. The zero-order valence-electron chi connectivity index (χ0n) is 26.9. The molecule has 2 spiro atoms. The van der Waals surface area contributed by atoms with E-state index in [1.165, 1.54) is 42.3 Å². The number of allylic oxidation sites excluding steroid dienone is 3. The molecule has 7 nitrogen and oxygen atoms in total. The molecule has 7 heteroatoms. The summed E-state index contributed by atoms with van der Waals surface area (Å²) in [6.07, 6.45) is 16.2. The third-order valence-electron chi connectivity index (χ3n) is 14.3. The minimum Gasteiger partial charge on any atom is -0.390 e. The highest BCUT2D eigenvalue weighted by Crippen LogP contribution is 2.75. The Labute approximate surface area is 271 Å². The standard InChI is InChI=1S/C39H48N4O3/c1-41-35(40)43-26-11-10-24-20-36(14-4-5-15-36)21-25(18-27-17-23-7-2-3-9-32(23)42-27)39(24)29-8-6-16-37(45)28(29)12-13-30(39)34-31(37)19-33(44)38(34,46)22-26/h2-3,6-9,17,21,24,26,28-31,33-34,42,44-46H,4-5,12-16,18-20,22H2,1H3,(H3,40,41,43)/t24-,26-,28+,29-,30+,31-,33+,34-,37-,38-,39-/m0/s1. The molecule has 1 aromatic carbocycles. The van der Waals surface area contributed by atoms with Gasteiger partial charge >= 0.3 is 0 Å². The smallest absolute Gasteiger partial charge is 0.189 e. The molecule has 4 saturated carbocycles. The number of aromatic nitrogens is 1. The van der Waals surface area contributed by atoms with Crippen LogP contribution in [0, 0.1) is 58.2 Å². The van der Waals surface area contributed by atoms with Crippen LogP contribution in [-0.4, -0.2) is 56.7 Å². The lowest BCUT2D eigenvalue weighted by molar-refractivity contribution is -0.133. The van der Waals surface area contributed by atoms with Gasteiger partial charge in [-0.1, -0.05) is 66.7 Å². The van der Waals surface area contributed by atoms with Gasteiger partial charge in [0, 0.05) is 42.4 Å². The van der Waals surface area contributed by atoms with Gasteiger partial charge in [0.2, 0.25) is 0 Å². The number of nitrogens with two attached hydrogens (primary N) is 1. The van der Waals surface area contributed by atoms with Gasteiger partial charge in [-0.2, -0.15) is 0 Å². The molecule has 11 atom stereocenters. The summed E-state index contributed by atoms with van der Waals surface area (Å²) in [5.41, 5.74) is 7.42. The molecule has 0 saturated heterocycles. The second kappa shape index (κ2) is 9.98. The highest BCUT2D eigenvalue weighted by Gasteiger charge is 2.75. The van der Waals surface area contributed by atoms with E-state index in [1.807, 2.05) is 0 Å². The maximum atomic E-state index is 12.9. The van der Waals surface area contributed by atoms with Gasteiger partial charge in [-0.15, -0.1) is 0 Å². The number of benzene rings is 1. The maximum Gasteiger partial charge on any atom is 0.189 e. The Morgan fingerprint density at radius 2 is 1.87 bits per heavy atom. The van der Waals surface area contributed by atoms with Gasteiger partial charge in [0.15, 0.2) is 5.96 Å². The van der Waals surface area contributed by atoms with Crippen LogP contribution in [0.15, 0.2) is 59.1 Å². The van der Waals surface area contributed by atoms with Crippen molar-refractivity contribution in [2.75, 3.05) is 7.05 Å². The van der Waals surface area contributed by atoms with Crippen molar-refractivity contribution in [1.29, 1.82) is 0 Å². The third-order valence-corrected chi connectivity index (χ3v) is 14.3. The highest BCUT2D eigenvalue weighted by atomic mass is 16.3. The minimum atomic E-state index is -1.41. The molecule has 1 heterocycles. The summed E-state index contributed by atoms with van der Waals surface area (Å²) in [7, 11) is 1.65. The van der Waals surface area contributed by atoms with Gasteiger partial charge in [-0.05, 0) is 97.5 Å². The molecule has 0 amide bonds. The Balaban J connectivity index is 1.31. The van der Waals surface area contributed by atoms with Gasteiger partial charge in [0.05, 0.1) is 23.3 Å². The Morgan fingerprint density at radius 3 is 2.67 bits per heavy atom. The number of aliphatic imine (C=N–C) groups is 1. The number of aliphatic hydroxyl groups excluding tert-OH is 1. The SMILES string of the molecule is CN=C(N)N[C@H]1C#C[C@H]2CC3(C=C(Cc4cc5ccccc5[nH]4)[C@@]24[C@@H]2CC[C@@H]5[C@@H]4C=CC[C@@]5(O)[C@H]4C[C@@H](O)[C@@](O)(C1)[C@@H]24)CCCC3. The number of guanidine groups is 1. The third kappa shape index (κ3) is 3.81. The lowest BCUT2D eigenvalue weighted by Crippen LogP contribution is -2.59. The van der Waals surface area contributed by atoms with E-state index < -0.39 is 23.3 Å². The van der Waals surface area contributed by atoms with Crippen LogP contribution in [0.1, 0.15) is 69.9 Å². The van der Waals surface area contributed by atoms with Crippen molar-refractivity contribution >= 4 is 16.9 Å². The van der Waals surface area contributed by atoms with Crippen molar-refractivity contribution in [2.24, 2.45) is 57.1 Å². The lowest BCUT2D eigenvalue weighted by atomic mass is 9.42. The molecule has 6 bridgehead atoms. The molecule has 0 radical (unpaired) electrons. The van der Waals surface area contributed by atoms with E-state index in [0.29, 0.717) is 12.8 Å². The van der Waals surface area contributed by atoms with Crippen molar-refractivity contribution in [3.63, 3.8) is 0 Å². The van der Waals surface area contributed by atoms with E-state index in [-0.39, 0.29) is 58.7 Å². The number of para-hydroxylation sites is 1. The maximum absolute atomic E-state index is 12.9. The predicted molar refractivity (Wildman–Crippen MR) is 179 cm³/mol. The summed E-state index contributed by atoms with van der Waals surface area (Å²) in [4.78, 5) is 7.92. The number of hydrogen-bond acceptors (Lipinski definition) is 4. The average molecular weight is 621 g/mol. The van der Waals surface area contributed by atoms with Crippen LogP contribution >= 0.6 is 0 Å². The summed E-state index contributed by atoms with van der Waals surface area (Å²) >= 11 is 0. The van der Waals surface area contributed by atoms with E-state index >= 15 is 0 Å². The molecule has 7 aliphatic rings. The summed E-state index contributed by atoms with van der Waals surface area (Å²) in [6.45, 7) is 0. The molecule has 4 fully saturated rings. The molecule has 242 valence electrons. The van der Waals surface area contributed by atoms with E-state index in [0.717, 1.165) is 31.2 Å². The summed E-state index contributed by atoms with van der Waals surface area (Å²) in [5, 5.41) is 42.2. The van der Waals surface area contributed by atoms with Crippen LogP contribution in [0.25, 0.3) is 10.9 Å². The van der Waals surface area contributed by atoms with Crippen LogP contribution in [0.2, 0.25) is 0 Å². The molecule has 1 aromatic heterocycles. The Kier molecular flexibility index (Phi) is 6.32. The Hall–Kier alpha value is -3.05. The number of rotatable bonds is 3. The van der Waals surface area contributed by atoms with Crippen LogP contribution in [0.4, 0.5) is 0 Å². The van der Waals surface area contributed by atoms with Crippen LogP contribution in [0.5, 0.6) is 0 Å². The van der Waals surface area contributed by atoms with Gasteiger partial charge < -0.3 is 31.4 Å². The second-order valence-corrected chi connectivity index (χ2v) is 16.1. The van der Waals surface area contributed by atoms with E-state index in [4.69, 9.17) is 5.73 Å². The summed E-state index contributed by atoms with van der Waals surface area (Å²) < 4.78 is 0. The fourth-order valence-electron chi connectivity index (χ4n) is 12.7. The van der Waals surface area contributed by atoms with Gasteiger partial charge in [0.25, 0.3) is 0 Å². The quantitative estimate of drug-likeness (QED) is 0.130. The zero-order valence-corrected chi connectivity index (χ0v) is 26.9. The molecular formula is C39H48N4O3. The molecule has 0 unspecified atom stereocenters. The first-order chi connectivity index (χ1) is 22.2. The van der Waals surface area contributed by atoms with Gasteiger partial charge in [-0.25, -0.2) is 0 Å². The number of aliphatic hydroxyl groups is 3. The largest absolute Gasteiger partial charge is 0.390 e. The first-order valence-corrected chi connectivity index (χ1v) is 17.8. The first-order valence-electron chi connectivity index (χ1n) is 17.8. The molecule has 46 heavy (non-hydrogen) atoms. The molecule has 7 N–H and O–H groups in total. The van der Waals surface area contributed by atoms with Crippen LogP contribution in [-0.2, 0) is 6.42 Å². The van der Waals surface area contributed by atoms with Crippen LogP contribution in [0.3, 0.4) is 0 Å². The van der Waals surface area contributed by atoms with E-state index in [1.54, 1.807) is 7.05 Å². The highest BCUT2D eigenvalue weighted by molar-refractivity contribution is 5.80. The average Bonchev–Trinajstić information content (AvgIpc) is 3.71. The zero-order chi connectivity index (χ0) is 31.5. The molecule has 2 aromatic rings. The van der Waals surface area contributed by atoms with Crippen molar-refractivity contribution < 1.29 is 15.3 Å². The lowest BCUT2D eigenvalue weighted by Gasteiger charge is -2.61. The van der Waals surface area contributed by atoms with E-state index in [2.05, 4.69) is 75.7 Å². The van der Waals surface area contributed by atoms with Crippen molar-refractivity contribution in [3.05, 3.63) is 59.8 Å². The van der Waals surface area contributed by atoms with Crippen molar-refractivity contribution in [3.8, 4) is 11.8 Å². The van der Waals surface area contributed by atoms with Gasteiger partial charge in [0.1, 0.15) is 0 Å². The monoisotopic (exact) mass is 620 g/mol. The number of aromatic amines is 1. The Bertz CT molecular complexity index is 1690. The van der Waals surface area contributed by atoms with E-state index in [9.17, 15) is 15.3 Å². The number of H-pyrrole nitrogens is 1. The topological polar surface area (TPSA) is 127 Å². The minimum absolute atomic E-state index is 0.0581. The number of nitrogens with one attached hydrogen (secondary N) is 2. The summed E-state index contributed by atoms with van der Waals surface area (Å²) in [5.74, 6) is 7.71. The number of hydrogen-bond donors (Lipinski definition) is 6. The molecule has 7 aliphatic carbocycles. The van der Waals surface area contributed by atoms with Crippen LogP contribution < -0.4 is 11.1 Å². The predicted octanol–water partition coefficient (Wildman–Crippen LogP) is 4.59.